The first-order valence-corrected chi connectivity index (χ1v) is 10.6. The lowest BCUT2D eigenvalue weighted by molar-refractivity contribution is -0.138. The van der Waals surface area contributed by atoms with E-state index in [1.807, 2.05) is 0 Å². The van der Waals surface area contributed by atoms with Crippen LogP contribution in [-0.2, 0) is 16.5 Å². The van der Waals surface area contributed by atoms with Gasteiger partial charge in [-0.15, -0.1) is 0 Å². The molecule has 3 unspecified atom stereocenters. The van der Waals surface area contributed by atoms with E-state index in [4.69, 9.17) is 26.8 Å². The molecule has 2 aromatic heterocycles. The van der Waals surface area contributed by atoms with Crippen molar-refractivity contribution >= 4 is 17.4 Å². The number of ether oxygens (including phenoxy) is 2. The SMILES string of the molecule is CC(Oc1cc(-c2ccc(C3(O)COCC3O)nc2)cnc1N)c1cc(Cl)ccc1C(F)(F)F. The number of aromatic nitrogens is 2. The average molecular weight is 496 g/mol. The minimum atomic E-state index is -4.58. The van der Waals surface area contributed by atoms with E-state index in [1.54, 1.807) is 12.1 Å². The second kappa shape index (κ2) is 9.03. The average Bonchev–Trinajstić information content (AvgIpc) is 3.13. The molecule has 34 heavy (non-hydrogen) atoms. The summed E-state index contributed by atoms with van der Waals surface area (Å²) in [6.07, 6.45) is -3.78. The maximum atomic E-state index is 13.5. The standard InChI is InChI=1S/C23H21ClF3N3O4/c1-12(16-7-15(24)3-4-17(16)23(25,26)27)34-18-6-14(9-30-21(18)28)13-2-5-19(29-8-13)22(32)11-33-10-20(22)31/h2-9,12,20,31-32H,10-11H2,1H3,(H2,28,30). The van der Waals surface area contributed by atoms with Crippen LogP contribution in [0.1, 0.15) is 29.8 Å². The molecule has 0 radical (unpaired) electrons. The fourth-order valence-electron chi connectivity index (χ4n) is 3.71. The molecule has 3 aromatic rings. The lowest BCUT2D eigenvalue weighted by Crippen LogP contribution is -2.39. The van der Waals surface area contributed by atoms with Crippen LogP contribution in [0.25, 0.3) is 11.1 Å². The highest BCUT2D eigenvalue weighted by Gasteiger charge is 2.44. The Hall–Kier alpha value is -2.92. The summed E-state index contributed by atoms with van der Waals surface area (Å²) in [6.45, 7) is 1.38. The molecule has 1 aliphatic heterocycles. The third-order valence-corrected chi connectivity index (χ3v) is 5.87. The Morgan fingerprint density at radius 2 is 1.91 bits per heavy atom. The van der Waals surface area contributed by atoms with E-state index in [1.165, 1.54) is 37.5 Å². The highest BCUT2D eigenvalue weighted by atomic mass is 35.5. The predicted octanol–water partition coefficient (Wildman–Crippen LogP) is 4.12. The smallest absolute Gasteiger partial charge is 0.416 e. The molecular weight excluding hydrogens is 475 g/mol. The molecule has 4 rings (SSSR count). The second-order valence-corrected chi connectivity index (χ2v) is 8.42. The number of nitrogen functional groups attached to an aromatic ring is 1. The number of anilines is 1. The van der Waals surface area contributed by atoms with Crippen molar-refractivity contribution in [2.75, 3.05) is 18.9 Å². The predicted molar refractivity (Wildman–Crippen MR) is 118 cm³/mol. The minimum absolute atomic E-state index is 0.00335. The third-order valence-electron chi connectivity index (χ3n) is 5.63. The van der Waals surface area contributed by atoms with Crippen LogP contribution >= 0.6 is 11.6 Å². The Bertz CT molecular complexity index is 1190. The molecule has 11 heteroatoms. The Kier molecular flexibility index (Phi) is 6.43. The van der Waals surface area contributed by atoms with E-state index in [0.29, 0.717) is 11.1 Å². The Morgan fingerprint density at radius 1 is 1.18 bits per heavy atom. The van der Waals surface area contributed by atoms with E-state index >= 15 is 0 Å². The van der Waals surface area contributed by atoms with Gasteiger partial charge in [0.05, 0.1) is 24.5 Å². The first-order chi connectivity index (χ1) is 16.0. The topological polar surface area (TPSA) is 111 Å². The van der Waals surface area contributed by atoms with Crippen molar-refractivity contribution < 1.29 is 32.9 Å². The van der Waals surface area contributed by atoms with Crippen molar-refractivity contribution in [1.82, 2.24) is 9.97 Å². The van der Waals surface area contributed by atoms with Crippen LogP contribution in [0.15, 0.2) is 48.8 Å². The van der Waals surface area contributed by atoms with E-state index in [9.17, 15) is 23.4 Å². The van der Waals surface area contributed by atoms with Gasteiger partial charge in [0.1, 0.15) is 12.2 Å². The Labute approximate surface area is 197 Å². The number of nitrogens with zero attached hydrogens (tertiary/aromatic N) is 2. The highest BCUT2D eigenvalue weighted by Crippen LogP contribution is 2.38. The van der Waals surface area contributed by atoms with E-state index < -0.39 is 29.5 Å². The molecule has 7 nitrogen and oxygen atoms in total. The van der Waals surface area contributed by atoms with E-state index in [-0.39, 0.29) is 41.1 Å². The largest absolute Gasteiger partial charge is 0.482 e. The van der Waals surface area contributed by atoms with Crippen molar-refractivity contribution in [2.45, 2.75) is 30.9 Å². The molecule has 1 aromatic carbocycles. The number of benzene rings is 1. The summed E-state index contributed by atoms with van der Waals surface area (Å²) in [7, 11) is 0. The molecule has 1 saturated heterocycles. The summed E-state index contributed by atoms with van der Waals surface area (Å²) < 4.78 is 51.3. The molecule has 3 heterocycles. The molecule has 0 amide bonds. The van der Waals surface area contributed by atoms with Crippen molar-refractivity contribution in [2.24, 2.45) is 0 Å². The van der Waals surface area contributed by atoms with Crippen molar-refractivity contribution in [3.05, 3.63) is 70.6 Å². The van der Waals surface area contributed by atoms with Gasteiger partial charge < -0.3 is 25.4 Å². The maximum absolute atomic E-state index is 13.5. The number of hydrogen-bond acceptors (Lipinski definition) is 7. The summed E-state index contributed by atoms with van der Waals surface area (Å²) in [4.78, 5) is 8.32. The van der Waals surface area contributed by atoms with Crippen LogP contribution in [0.4, 0.5) is 19.0 Å². The van der Waals surface area contributed by atoms with Crippen LogP contribution in [0, 0.1) is 0 Å². The first-order valence-electron chi connectivity index (χ1n) is 10.2. The molecule has 0 aliphatic carbocycles. The number of hydrogen-bond donors (Lipinski definition) is 3. The molecule has 4 N–H and O–H groups in total. The second-order valence-electron chi connectivity index (χ2n) is 7.98. The summed E-state index contributed by atoms with van der Waals surface area (Å²) in [6, 6.07) is 8.02. The fourth-order valence-corrected chi connectivity index (χ4v) is 3.90. The van der Waals surface area contributed by atoms with Gasteiger partial charge in [-0.1, -0.05) is 17.7 Å². The fraction of sp³-hybridized carbons (Fsp3) is 0.304. The van der Waals surface area contributed by atoms with Gasteiger partial charge in [0.25, 0.3) is 0 Å². The number of pyridine rings is 2. The monoisotopic (exact) mass is 495 g/mol. The Morgan fingerprint density at radius 3 is 2.53 bits per heavy atom. The summed E-state index contributed by atoms with van der Waals surface area (Å²) in [5.41, 5.74) is 4.68. The molecule has 0 spiro atoms. The van der Waals surface area contributed by atoms with Crippen molar-refractivity contribution in [3.63, 3.8) is 0 Å². The minimum Gasteiger partial charge on any atom is -0.482 e. The lowest BCUT2D eigenvalue weighted by atomic mass is 9.95. The Balaban J connectivity index is 1.61. The van der Waals surface area contributed by atoms with Crippen LogP contribution in [0.3, 0.4) is 0 Å². The van der Waals surface area contributed by atoms with Crippen molar-refractivity contribution in [3.8, 4) is 16.9 Å². The van der Waals surface area contributed by atoms with Gasteiger partial charge in [-0.05, 0) is 37.3 Å². The van der Waals surface area contributed by atoms with Crippen molar-refractivity contribution in [1.29, 1.82) is 0 Å². The van der Waals surface area contributed by atoms with Gasteiger partial charge in [-0.25, -0.2) is 4.98 Å². The van der Waals surface area contributed by atoms with Crippen LogP contribution in [0.5, 0.6) is 5.75 Å². The lowest BCUT2D eigenvalue weighted by Gasteiger charge is -2.23. The normalized spacial score (nSPS) is 21.4. The number of rotatable bonds is 5. The molecule has 1 fully saturated rings. The highest BCUT2D eigenvalue weighted by molar-refractivity contribution is 6.30. The molecule has 3 atom stereocenters. The zero-order chi connectivity index (χ0) is 24.7. The van der Waals surface area contributed by atoms with Gasteiger partial charge in [0, 0.05) is 34.1 Å². The summed E-state index contributed by atoms with van der Waals surface area (Å²) in [5.74, 6) is 0.0803. The number of aliphatic hydroxyl groups is 2. The number of alkyl halides is 3. The third kappa shape index (κ3) is 4.67. The molecule has 1 aliphatic rings. The zero-order valence-electron chi connectivity index (χ0n) is 17.9. The van der Waals surface area contributed by atoms with Crippen LogP contribution in [0.2, 0.25) is 5.02 Å². The van der Waals surface area contributed by atoms with Gasteiger partial charge in [0.2, 0.25) is 0 Å². The molecule has 180 valence electrons. The van der Waals surface area contributed by atoms with E-state index in [0.717, 1.165) is 6.07 Å². The first kappa shape index (κ1) is 24.2. The maximum Gasteiger partial charge on any atom is 0.416 e. The molecule has 0 bridgehead atoms. The quantitative estimate of drug-likeness (QED) is 0.488. The van der Waals surface area contributed by atoms with Gasteiger partial charge in [0.15, 0.2) is 17.2 Å². The summed E-state index contributed by atoms with van der Waals surface area (Å²) >= 11 is 5.92. The molecule has 0 saturated carbocycles. The number of nitrogens with two attached hydrogens (primary N) is 1. The molecular formula is C23H21ClF3N3O4. The summed E-state index contributed by atoms with van der Waals surface area (Å²) in [5, 5.41) is 20.7. The van der Waals surface area contributed by atoms with Gasteiger partial charge in [-0.2, -0.15) is 13.2 Å². The van der Waals surface area contributed by atoms with Gasteiger partial charge >= 0.3 is 6.18 Å². The van der Waals surface area contributed by atoms with E-state index in [2.05, 4.69) is 9.97 Å². The van der Waals surface area contributed by atoms with Crippen LogP contribution < -0.4 is 10.5 Å². The zero-order valence-corrected chi connectivity index (χ0v) is 18.6. The number of halogens is 4. The van der Waals surface area contributed by atoms with Crippen LogP contribution in [-0.4, -0.2) is 39.5 Å². The van der Waals surface area contributed by atoms with Gasteiger partial charge in [-0.3, -0.25) is 4.98 Å². The number of aliphatic hydroxyl groups excluding tert-OH is 1.